The van der Waals surface area contributed by atoms with Crippen molar-refractivity contribution in [3.8, 4) is 16.5 Å². The molecule has 3 aromatic heterocycles. The zero-order valence-corrected chi connectivity index (χ0v) is 23.4. The van der Waals surface area contributed by atoms with E-state index in [4.69, 9.17) is 13.1 Å². The van der Waals surface area contributed by atoms with Gasteiger partial charge in [0.05, 0.1) is 34.3 Å². The number of likely N-dealkylation sites (N-methyl/N-ethyl adjacent to an activating group) is 1. The van der Waals surface area contributed by atoms with Gasteiger partial charge < -0.3 is 9.80 Å². The van der Waals surface area contributed by atoms with E-state index in [1.807, 2.05) is 6.08 Å². The van der Waals surface area contributed by atoms with Gasteiger partial charge >= 0.3 is 0 Å². The summed E-state index contributed by atoms with van der Waals surface area (Å²) in [5, 5.41) is 9.27. The second-order valence-corrected chi connectivity index (χ2v) is 11.7. The molecule has 0 N–H and O–H groups in total. The van der Waals surface area contributed by atoms with E-state index in [2.05, 4.69) is 64.8 Å². The first-order valence-electron chi connectivity index (χ1n) is 11.8. The Morgan fingerprint density at radius 2 is 1.74 bits per heavy atom. The highest BCUT2D eigenvalue weighted by Crippen LogP contribution is 2.46. The molecule has 0 spiro atoms. The number of benzene rings is 1. The van der Waals surface area contributed by atoms with E-state index in [9.17, 15) is 10.1 Å². The molecule has 6 nitrogen and oxygen atoms in total. The van der Waals surface area contributed by atoms with Gasteiger partial charge in [0.25, 0.3) is 5.70 Å². The van der Waals surface area contributed by atoms with Crippen LogP contribution < -0.4 is 4.90 Å². The highest BCUT2D eigenvalue weighted by molar-refractivity contribution is 7.39. The first kappa shape index (κ1) is 25.4. The number of rotatable bonds is 6. The molecule has 9 heteroatoms. The van der Waals surface area contributed by atoms with Gasteiger partial charge in [-0.25, -0.2) is 15.0 Å². The zero-order valence-electron chi connectivity index (χ0n) is 20.9. The SMILES string of the molecule is [C-]#[N+]C1=C(/C=C/c2cc3sc4cc(-c5ccc(N(CC)CC)cc5)sc4c3s2)C(=O)N(C)/C1=C(\C#N)[N+]#[C-]. The van der Waals surface area contributed by atoms with Crippen molar-refractivity contribution in [2.45, 2.75) is 13.8 Å². The molecule has 0 bridgehead atoms. The maximum Gasteiger partial charge on any atom is 0.274 e. The first-order chi connectivity index (χ1) is 18.4. The predicted octanol–water partition coefficient (Wildman–Crippen LogP) is 8.00. The van der Waals surface area contributed by atoms with Gasteiger partial charge in [0.2, 0.25) is 11.6 Å². The van der Waals surface area contributed by atoms with Gasteiger partial charge in [-0.05, 0) is 49.8 Å². The highest BCUT2D eigenvalue weighted by atomic mass is 32.1. The molecule has 186 valence electrons. The minimum absolute atomic E-state index is 0.0389. The number of thiophene rings is 3. The molecule has 0 unspecified atom stereocenters. The maximum atomic E-state index is 12.8. The molecule has 5 rings (SSSR count). The van der Waals surface area contributed by atoms with Crippen LogP contribution in [-0.4, -0.2) is 30.9 Å². The van der Waals surface area contributed by atoms with E-state index >= 15 is 0 Å². The molecule has 38 heavy (non-hydrogen) atoms. The summed E-state index contributed by atoms with van der Waals surface area (Å²) >= 11 is 5.20. The van der Waals surface area contributed by atoms with Crippen molar-refractivity contribution in [2.75, 3.05) is 25.0 Å². The van der Waals surface area contributed by atoms with Crippen molar-refractivity contribution in [3.05, 3.63) is 92.8 Å². The largest absolute Gasteiger partial charge is 0.372 e. The van der Waals surface area contributed by atoms with Crippen LogP contribution in [0.5, 0.6) is 0 Å². The first-order valence-corrected chi connectivity index (χ1v) is 14.3. The lowest BCUT2D eigenvalue weighted by Crippen LogP contribution is -2.21. The maximum absolute atomic E-state index is 12.8. The Labute approximate surface area is 232 Å². The van der Waals surface area contributed by atoms with E-state index < -0.39 is 5.91 Å². The Hall–Kier alpha value is -4.20. The number of carbonyl (C=O) groups is 1. The lowest BCUT2D eigenvalue weighted by Gasteiger charge is -2.21. The average molecular weight is 552 g/mol. The van der Waals surface area contributed by atoms with E-state index in [-0.39, 0.29) is 22.7 Å². The molecular formula is C29H21N5OS3. The number of anilines is 1. The Morgan fingerprint density at radius 1 is 1.05 bits per heavy atom. The van der Waals surface area contributed by atoms with Crippen LogP contribution in [0.2, 0.25) is 0 Å². The van der Waals surface area contributed by atoms with Gasteiger partial charge in [-0.1, -0.05) is 18.2 Å². The second-order valence-electron chi connectivity index (χ2n) is 8.46. The van der Waals surface area contributed by atoms with E-state index in [1.54, 1.807) is 46.2 Å². The molecule has 4 heterocycles. The van der Waals surface area contributed by atoms with Gasteiger partial charge in [-0.15, -0.1) is 34.0 Å². The monoisotopic (exact) mass is 551 g/mol. The molecule has 1 amide bonds. The molecular weight excluding hydrogens is 531 g/mol. The number of allylic oxidation sites excluding steroid dienone is 1. The van der Waals surface area contributed by atoms with Crippen LogP contribution >= 0.6 is 34.0 Å². The number of hydrogen-bond acceptors (Lipinski definition) is 6. The molecule has 1 aliphatic rings. The van der Waals surface area contributed by atoms with Gasteiger partial charge in [-0.3, -0.25) is 4.79 Å². The Kier molecular flexibility index (Phi) is 6.89. The minimum Gasteiger partial charge on any atom is -0.372 e. The van der Waals surface area contributed by atoms with Crippen molar-refractivity contribution < 1.29 is 4.79 Å². The molecule has 0 atom stereocenters. The second kappa shape index (κ2) is 10.3. The van der Waals surface area contributed by atoms with Crippen LogP contribution in [0.25, 0.3) is 45.0 Å². The smallest absolute Gasteiger partial charge is 0.274 e. The quantitative estimate of drug-likeness (QED) is 0.180. The molecule has 0 saturated heterocycles. The van der Waals surface area contributed by atoms with Crippen molar-refractivity contribution >= 4 is 70.5 Å². The summed E-state index contributed by atoms with van der Waals surface area (Å²) in [5.41, 5.74) is 2.50. The molecule has 1 aromatic carbocycles. The fourth-order valence-electron chi connectivity index (χ4n) is 4.50. The van der Waals surface area contributed by atoms with Gasteiger partial charge in [-0.2, -0.15) is 0 Å². The van der Waals surface area contributed by atoms with Gasteiger partial charge in [0.15, 0.2) is 0 Å². The summed E-state index contributed by atoms with van der Waals surface area (Å²) in [6, 6.07) is 14.9. The summed E-state index contributed by atoms with van der Waals surface area (Å²) in [7, 11) is 1.48. The Morgan fingerprint density at radius 3 is 2.37 bits per heavy atom. The van der Waals surface area contributed by atoms with Gasteiger partial charge in [0, 0.05) is 50.6 Å². The number of nitrogens with zero attached hydrogens (tertiary/aromatic N) is 5. The number of nitriles is 1. The third kappa shape index (κ3) is 4.20. The van der Waals surface area contributed by atoms with Crippen molar-refractivity contribution in [3.63, 3.8) is 0 Å². The third-order valence-electron chi connectivity index (χ3n) is 6.44. The topological polar surface area (TPSA) is 56.1 Å². The molecule has 0 aliphatic carbocycles. The lowest BCUT2D eigenvalue weighted by molar-refractivity contribution is -0.122. The summed E-state index contributed by atoms with van der Waals surface area (Å²) < 4.78 is 4.93. The minimum atomic E-state index is -0.394. The van der Waals surface area contributed by atoms with E-state index in [1.165, 1.54) is 46.9 Å². The summed E-state index contributed by atoms with van der Waals surface area (Å²) in [6.07, 6.45) is 3.46. The van der Waals surface area contributed by atoms with E-state index in [0.29, 0.717) is 0 Å². The van der Waals surface area contributed by atoms with Crippen LogP contribution in [0.3, 0.4) is 0 Å². The molecule has 4 aromatic rings. The normalized spacial score (nSPS) is 14.9. The molecule has 0 radical (unpaired) electrons. The van der Waals surface area contributed by atoms with Crippen molar-refractivity contribution in [1.29, 1.82) is 5.26 Å². The number of carbonyl (C=O) groups excluding carboxylic acids is 1. The summed E-state index contributed by atoms with van der Waals surface area (Å²) in [4.78, 5) is 25.2. The Bertz CT molecular complexity index is 1790. The Balaban J connectivity index is 1.47. The van der Waals surface area contributed by atoms with Crippen LogP contribution in [0.4, 0.5) is 5.69 Å². The van der Waals surface area contributed by atoms with E-state index in [0.717, 1.165) is 18.0 Å². The molecule has 1 aliphatic heterocycles. The lowest BCUT2D eigenvalue weighted by atomic mass is 10.1. The average Bonchev–Trinajstić information content (AvgIpc) is 3.65. The van der Waals surface area contributed by atoms with Crippen molar-refractivity contribution in [1.82, 2.24) is 4.90 Å². The highest BCUT2D eigenvalue weighted by Gasteiger charge is 2.34. The fourth-order valence-corrected chi connectivity index (χ4v) is 8.44. The molecule has 0 saturated carbocycles. The van der Waals surface area contributed by atoms with Crippen LogP contribution in [0.1, 0.15) is 18.7 Å². The predicted molar refractivity (Wildman–Crippen MR) is 159 cm³/mol. The number of amides is 1. The van der Waals surface area contributed by atoms with Crippen LogP contribution in [0.15, 0.2) is 65.1 Å². The summed E-state index contributed by atoms with van der Waals surface area (Å²) in [6.45, 7) is 21.1. The third-order valence-corrected chi connectivity index (χ3v) is 10.2. The zero-order chi connectivity index (χ0) is 27.0. The number of fused-ring (bicyclic) bond motifs is 3. The van der Waals surface area contributed by atoms with Gasteiger partial charge in [0.1, 0.15) is 0 Å². The van der Waals surface area contributed by atoms with Crippen LogP contribution in [0, 0.1) is 24.5 Å². The van der Waals surface area contributed by atoms with Crippen molar-refractivity contribution in [2.24, 2.45) is 0 Å². The standard InChI is InChI=1S/C29H21N5OS3/c1-6-34(7-2)18-10-8-17(9-11-18)22-15-24-28(38-22)27-23(37-24)14-19(36-27)12-13-20-25(32-4)26(21(16-30)31-3)33(5)29(20)35/h8-15H,6-7H2,1-2,5H3/b13-12+,26-21+. The number of hydrogen-bond donors (Lipinski definition) is 0. The molecule has 0 fully saturated rings. The van der Waals surface area contributed by atoms with Crippen LogP contribution in [-0.2, 0) is 4.79 Å². The summed E-state index contributed by atoms with van der Waals surface area (Å²) in [5.74, 6) is -0.394. The fraction of sp³-hybridized carbons (Fsp3) is 0.172.